The molecule has 2 fully saturated rings. The number of nitrogens with one attached hydrogen (secondary N) is 1. The Labute approximate surface area is 130 Å². The van der Waals surface area contributed by atoms with Crippen molar-refractivity contribution in [3.63, 3.8) is 0 Å². The zero-order valence-electron chi connectivity index (χ0n) is 14.1. The van der Waals surface area contributed by atoms with E-state index in [0.717, 1.165) is 51.6 Å². The van der Waals surface area contributed by atoms with Gasteiger partial charge < -0.3 is 9.80 Å². The maximum atomic E-state index is 12.7. The number of piperidine rings is 1. The fourth-order valence-electron chi connectivity index (χ4n) is 3.88. The van der Waals surface area contributed by atoms with E-state index in [9.17, 15) is 4.79 Å². The molecule has 4 heteroatoms. The average molecular weight is 295 g/mol. The van der Waals surface area contributed by atoms with E-state index >= 15 is 0 Å². The highest BCUT2D eigenvalue weighted by molar-refractivity contribution is 5.84. The number of rotatable bonds is 7. The summed E-state index contributed by atoms with van der Waals surface area (Å²) in [4.78, 5) is 17.5. The number of hydrogen-bond donors (Lipinski definition) is 1. The van der Waals surface area contributed by atoms with Gasteiger partial charge >= 0.3 is 0 Å². The van der Waals surface area contributed by atoms with Crippen LogP contribution in [0.25, 0.3) is 0 Å². The fraction of sp³-hybridized carbons (Fsp3) is 0.941. The molecule has 1 N–H and O–H groups in total. The highest BCUT2D eigenvalue weighted by Crippen LogP contribution is 2.26. The molecule has 0 aromatic rings. The lowest BCUT2D eigenvalue weighted by Gasteiger charge is -2.39. The smallest absolute Gasteiger partial charge is 0.241 e. The first-order valence-corrected chi connectivity index (χ1v) is 9.01. The number of hydrogen-bond acceptors (Lipinski definition) is 3. The van der Waals surface area contributed by atoms with Crippen LogP contribution in [0.15, 0.2) is 0 Å². The molecule has 2 atom stereocenters. The first-order valence-electron chi connectivity index (χ1n) is 9.01. The van der Waals surface area contributed by atoms with Gasteiger partial charge in [-0.25, -0.2) is 0 Å². The summed E-state index contributed by atoms with van der Waals surface area (Å²) in [7, 11) is 0. The molecule has 21 heavy (non-hydrogen) atoms. The Bertz CT molecular complexity index is 326. The Hall–Kier alpha value is -0.610. The van der Waals surface area contributed by atoms with Crippen molar-refractivity contribution in [2.45, 2.75) is 84.0 Å². The first kappa shape index (κ1) is 16.8. The van der Waals surface area contributed by atoms with E-state index < -0.39 is 0 Å². The maximum Gasteiger partial charge on any atom is 0.241 e. The molecule has 0 radical (unpaired) electrons. The van der Waals surface area contributed by atoms with Crippen LogP contribution in [0, 0.1) is 0 Å². The third-order valence-electron chi connectivity index (χ3n) is 4.91. The van der Waals surface area contributed by atoms with Crippen LogP contribution < -0.4 is 5.32 Å². The summed E-state index contributed by atoms with van der Waals surface area (Å²) < 4.78 is 0. The summed E-state index contributed by atoms with van der Waals surface area (Å²) in [6.07, 6.45) is 8.07. The standard InChI is InChI=1S/C17H33N3O/c1-4-7-15-17(21)20(16(18-15)8-5-2)14-9-12-19(11-6-3)13-10-14/h14-16,18H,4-13H2,1-3H3. The monoisotopic (exact) mass is 295 g/mol. The van der Waals surface area contributed by atoms with Gasteiger partial charge in [-0.3, -0.25) is 10.1 Å². The predicted molar refractivity (Wildman–Crippen MR) is 87.1 cm³/mol. The van der Waals surface area contributed by atoms with Gasteiger partial charge in [0.15, 0.2) is 0 Å². The van der Waals surface area contributed by atoms with Crippen molar-refractivity contribution in [3.05, 3.63) is 0 Å². The van der Waals surface area contributed by atoms with Gasteiger partial charge in [0.05, 0.1) is 12.2 Å². The molecule has 4 nitrogen and oxygen atoms in total. The van der Waals surface area contributed by atoms with E-state index in [0.29, 0.717) is 11.9 Å². The van der Waals surface area contributed by atoms with Gasteiger partial charge in [-0.1, -0.05) is 33.6 Å². The summed E-state index contributed by atoms with van der Waals surface area (Å²) in [5.41, 5.74) is 0. The van der Waals surface area contributed by atoms with E-state index in [1.54, 1.807) is 0 Å². The Morgan fingerprint density at radius 3 is 2.29 bits per heavy atom. The van der Waals surface area contributed by atoms with E-state index in [1.165, 1.54) is 13.0 Å². The number of nitrogens with zero attached hydrogens (tertiary/aromatic N) is 2. The molecule has 2 heterocycles. The normalized spacial score (nSPS) is 28.5. The van der Waals surface area contributed by atoms with Crippen LogP contribution in [-0.2, 0) is 4.79 Å². The van der Waals surface area contributed by atoms with Crippen LogP contribution in [0.2, 0.25) is 0 Å². The molecule has 122 valence electrons. The number of carbonyl (C=O) groups excluding carboxylic acids is 1. The Kier molecular flexibility index (Phi) is 6.49. The molecule has 2 unspecified atom stereocenters. The second-order valence-electron chi connectivity index (χ2n) is 6.63. The lowest BCUT2D eigenvalue weighted by molar-refractivity contribution is -0.133. The molecule has 0 aromatic carbocycles. The van der Waals surface area contributed by atoms with Crippen LogP contribution in [0.5, 0.6) is 0 Å². The van der Waals surface area contributed by atoms with Gasteiger partial charge in [-0.15, -0.1) is 0 Å². The molecular formula is C17H33N3O. The molecule has 0 bridgehead atoms. The topological polar surface area (TPSA) is 35.6 Å². The molecule has 2 aliphatic heterocycles. The van der Waals surface area contributed by atoms with Crippen molar-refractivity contribution in [2.24, 2.45) is 0 Å². The molecule has 2 saturated heterocycles. The van der Waals surface area contributed by atoms with Crippen LogP contribution in [0.3, 0.4) is 0 Å². The minimum atomic E-state index is 0.0696. The lowest BCUT2D eigenvalue weighted by atomic mass is 10.0. The molecule has 1 amide bonds. The van der Waals surface area contributed by atoms with Gasteiger partial charge in [-0.05, 0) is 38.6 Å². The fourth-order valence-corrected chi connectivity index (χ4v) is 3.88. The van der Waals surface area contributed by atoms with E-state index in [1.807, 2.05) is 0 Å². The zero-order chi connectivity index (χ0) is 15.2. The SMILES string of the molecule is CCCC1NC(CCC)N(C2CCN(CCC)CC2)C1=O. The minimum absolute atomic E-state index is 0.0696. The highest BCUT2D eigenvalue weighted by Gasteiger charge is 2.41. The average Bonchev–Trinajstić information content (AvgIpc) is 2.78. The first-order chi connectivity index (χ1) is 10.2. The van der Waals surface area contributed by atoms with Crippen molar-refractivity contribution >= 4 is 5.91 Å². The van der Waals surface area contributed by atoms with Crippen LogP contribution >= 0.6 is 0 Å². The number of likely N-dealkylation sites (tertiary alicyclic amines) is 1. The van der Waals surface area contributed by atoms with E-state index in [-0.39, 0.29) is 12.2 Å². The van der Waals surface area contributed by atoms with E-state index in [4.69, 9.17) is 0 Å². The minimum Gasteiger partial charge on any atom is -0.323 e. The lowest BCUT2D eigenvalue weighted by Crippen LogP contribution is -2.50. The Morgan fingerprint density at radius 2 is 1.71 bits per heavy atom. The molecule has 0 saturated carbocycles. The van der Waals surface area contributed by atoms with Gasteiger partial charge in [0.25, 0.3) is 0 Å². The van der Waals surface area contributed by atoms with Gasteiger partial charge in [0, 0.05) is 19.1 Å². The highest BCUT2D eigenvalue weighted by atomic mass is 16.2. The van der Waals surface area contributed by atoms with Crippen molar-refractivity contribution in [1.29, 1.82) is 0 Å². The quantitative estimate of drug-likeness (QED) is 0.784. The van der Waals surface area contributed by atoms with Crippen molar-refractivity contribution in [2.75, 3.05) is 19.6 Å². The number of amides is 1. The largest absolute Gasteiger partial charge is 0.323 e. The van der Waals surface area contributed by atoms with Crippen LogP contribution in [0.4, 0.5) is 0 Å². The maximum absolute atomic E-state index is 12.7. The molecular weight excluding hydrogens is 262 g/mol. The molecule has 0 aromatic heterocycles. The summed E-state index contributed by atoms with van der Waals surface area (Å²) >= 11 is 0. The van der Waals surface area contributed by atoms with Gasteiger partial charge in [-0.2, -0.15) is 0 Å². The van der Waals surface area contributed by atoms with Crippen LogP contribution in [0.1, 0.15) is 65.7 Å². The Balaban J connectivity index is 1.97. The number of carbonyl (C=O) groups is 1. The second kappa shape index (κ2) is 8.14. The van der Waals surface area contributed by atoms with E-state index in [2.05, 4.69) is 35.9 Å². The molecule has 2 rings (SSSR count). The molecule has 0 spiro atoms. The summed E-state index contributed by atoms with van der Waals surface area (Å²) in [5.74, 6) is 0.365. The summed E-state index contributed by atoms with van der Waals surface area (Å²) in [5, 5.41) is 3.59. The van der Waals surface area contributed by atoms with Crippen molar-refractivity contribution in [1.82, 2.24) is 15.1 Å². The predicted octanol–water partition coefficient (Wildman–Crippen LogP) is 2.59. The zero-order valence-corrected chi connectivity index (χ0v) is 14.1. The van der Waals surface area contributed by atoms with Crippen molar-refractivity contribution < 1.29 is 4.79 Å². The second-order valence-corrected chi connectivity index (χ2v) is 6.63. The summed E-state index contributed by atoms with van der Waals surface area (Å²) in [6.45, 7) is 10.1. The Morgan fingerprint density at radius 1 is 1.05 bits per heavy atom. The molecule has 2 aliphatic rings. The van der Waals surface area contributed by atoms with Gasteiger partial charge in [0.2, 0.25) is 5.91 Å². The molecule has 0 aliphatic carbocycles. The third kappa shape index (κ3) is 3.98. The van der Waals surface area contributed by atoms with Gasteiger partial charge in [0.1, 0.15) is 0 Å². The third-order valence-corrected chi connectivity index (χ3v) is 4.91. The summed E-state index contributed by atoms with van der Waals surface area (Å²) in [6, 6.07) is 0.525. The van der Waals surface area contributed by atoms with Crippen molar-refractivity contribution in [3.8, 4) is 0 Å². The van der Waals surface area contributed by atoms with Crippen LogP contribution in [-0.4, -0.2) is 53.6 Å².